The Hall–Kier alpha value is -1.53. The average Bonchev–Trinajstić information content (AvgIpc) is 2.61. The van der Waals surface area contributed by atoms with Gasteiger partial charge in [-0.2, -0.15) is 0 Å². The maximum Gasteiger partial charge on any atom is 0.179 e. The topological polar surface area (TPSA) is 78.3 Å². The fourth-order valence-electron chi connectivity index (χ4n) is 1.28. The molecule has 0 aliphatic rings. The van der Waals surface area contributed by atoms with Crippen molar-refractivity contribution in [2.45, 2.75) is 6.04 Å². The molecule has 14 heavy (non-hydrogen) atoms. The predicted molar refractivity (Wildman–Crippen MR) is 49.6 cm³/mol. The van der Waals surface area contributed by atoms with Crippen LogP contribution in [0.1, 0.15) is 11.9 Å². The first kappa shape index (κ1) is 9.04. The normalized spacial score (nSPS) is 13.3. The molecule has 0 amide bonds. The lowest BCUT2D eigenvalue weighted by Gasteiger charge is -2.07. The molecule has 6 heteroatoms. The number of fused-ring (bicyclic) bond motifs is 1. The summed E-state index contributed by atoms with van der Waals surface area (Å²) in [7, 11) is 1.60. The van der Waals surface area contributed by atoms with Crippen LogP contribution in [0.2, 0.25) is 0 Å². The molecule has 0 saturated carbocycles. The Bertz CT molecular complexity index is 426. The predicted octanol–water partition coefficient (Wildman–Crippen LogP) is -0.230. The van der Waals surface area contributed by atoms with E-state index in [4.69, 9.17) is 10.5 Å². The second kappa shape index (κ2) is 3.69. The highest BCUT2D eigenvalue weighted by Gasteiger charge is 2.12. The molecule has 0 aliphatic heterocycles. The Kier molecular flexibility index (Phi) is 2.38. The molecule has 2 aromatic heterocycles. The Morgan fingerprint density at radius 2 is 2.43 bits per heavy atom. The van der Waals surface area contributed by atoms with Gasteiger partial charge in [0, 0.05) is 19.5 Å². The van der Waals surface area contributed by atoms with Crippen molar-refractivity contribution in [3.05, 3.63) is 24.4 Å². The number of rotatable bonds is 3. The zero-order chi connectivity index (χ0) is 9.97. The average molecular weight is 193 g/mol. The maximum absolute atomic E-state index is 5.85. The van der Waals surface area contributed by atoms with Gasteiger partial charge in [-0.1, -0.05) is 0 Å². The summed E-state index contributed by atoms with van der Waals surface area (Å²) in [6.45, 7) is 0.420. The molecule has 0 aromatic carbocycles. The smallest absolute Gasteiger partial charge is 0.179 e. The van der Waals surface area contributed by atoms with Gasteiger partial charge in [0.25, 0.3) is 0 Å². The lowest BCUT2D eigenvalue weighted by atomic mass is 10.3. The van der Waals surface area contributed by atoms with E-state index in [-0.39, 0.29) is 6.04 Å². The first-order chi connectivity index (χ1) is 6.83. The van der Waals surface area contributed by atoms with Gasteiger partial charge in [-0.25, -0.2) is 0 Å². The number of ether oxygens (including phenoxy) is 1. The summed E-state index contributed by atoms with van der Waals surface area (Å²) >= 11 is 0. The number of aromatic nitrogens is 4. The highest BCUT2D eigenvalue weighted by atomic mass is 16.5. The second-order valence-electron chi connectivity index (χ2n) is 2.92. The molecule has 2 heterocycles. The van der Waals surface area contributed by atoms with Crippen molar-refractivity contribution in [3.8, 4) is 0 Å². The number of hydrogen-bond acceptors (Lipinski definition) is 5. The van der Waals surface area contributed by atoms with Crippen LogP contribution in [0.25, 0.3) is 5.65 Å². The van der Waals surface area contributed by atoms with Crippen LogP contribution in [0, 0.1) is 0 Å². The molecule has 0 bridgehead atoms. The summed E-state index contributed by atoms with van der Waals surface area (Å²) in [5.41, 5.74) is 6.54. The van der Waals surface area contributed by atoms with E-state index in [1.807, 2.05) is 0 Å². The van der Waals surface area contributed by atoms with Gasteiger partial charge in [0.05, 0.1) is 18.8 Å². The van der Waals surface area contributed by atoms with Crippen LogP contribution < -0.4 is 5.73 Å². The van der Waals surface area contributed by atoms with Gasteiger partial charge in [-0.05, 0) is 0 Å². The van der Waals surface area contributed by atoms with Gasteiger partial charge in [0.2, 0.25) is 0 Å². The van der Waals surface area contributed by atoms with Crippen LogP contribution in [0.3, 0.4) is 0 Å². The third-order valence-corrected chi connectivity index (χ3v) is 1.92. The molecular weight excluding hydrogens is 182 g/mol. The van der Waals surface area contributed by atoms with E-state index in [2.05, 4.69) is 15.2 Å². The van der Waals surface area contributed by atoms with Crippen molar-refractivity contribution >= 4 is 5.65 Å². The lowest BCUT2D eigenvalue weighted by Crippen LogP contribution is -2.19. The summed E-state index contributed by atoms with van der Waals surface area (Å²) in [4.78, 5) is 3.94. The largest absolute Gasteiger partial charge is 0.383 e. The number of nitrogens with zero attached hydrogens (tertiary/aromatic N) is 4. The van der Waals surface area contributed by atoms with Crippen molar-refractivity contribution in [2.75, 3.05) is 13.7 Å². The number of hydrogen-bond donors (Lipinski definition) is 1. The molecule has 74 valence electrons. The van der Waals surface area contributed by atoms with Crippen molar-refractivity contribution in [3.63, 3.8) is 0 Å². The molecule has 6 nitrogen and oxygen atoms in total. The van der Waals surface area contributed by atoms with Gasteiger partial charge in [0.15, 0.2) is 11.5 Å². The summed E-state index contributed by atoms with van der Waals surface area (Å²) in [6, 6.07) is -0.266. The zero-order valence-electron chi connectivity index (χ0n) is 7.79. The zero-order valence-corrected chi connectivity index (χ0v) is 7.79. The molecule has 0 saturated heterocycles. The number of methoxy groups -OCH3 is 1. The van der Waals surface area contributed by atoms with Crippen molar-refractivity contribution < 1.29 is 4.74 Å². The first-order valence-corrected chi connectivity index (χ1v) is 4.22. The summed E-state index contributed by atoms with van der Waals surface area (Å²) in [6.07, 6.45) is 5.08. The summed E-state index contributed by atoms with van der Waals surface area (Å²) < 4.78 is 6.76. The minimum Gasteiger partial charge on any atom is -0.383 e. The Labute approximate surface area is 80.7 Å². The first-order valence-electron chi connectivity index (χ1n) is 4.22. The van der Waals surface area contributed by atoms with Crippen molar-refractivity contribution in [2.24, 2.45) is 5.73 Å². The van der Waals surface area contributed by atoms with Crippen LogP contribution in [0.15, 0.2) is 18.6 Å². The van der Waals surface area contributed by atoms with Crippen LogP contribution in [0.4, 0.5) is 0 Å². The molecule has 0 spiro atoms. The van der Waals surface area contributed by atoms with Gasteiger partial charge in [0.1, 0.15) is 0 Å². The fourth-order valence-corrected chi connectivity index (χ4v) is 1.28. The molecule has 0 aliphatic carbocycles. The van der Waals surface area contributed by atoms with E-state index >= 15 is 0 Å². The van der Waals surface area contributed by atoms with Crippen LogP contribution in [0.5, 0.6) is 0 Å². The quantitative estimate of drug-likeness (QED) is 0.728. The summed E-state index contributed by atoms with van der Waals surface area (Å²) in [5, 5.41) is 7.92. The van der Waals surface area contributed by atoms with E-state index in [9.17, 15) is 0 Å². The van der Waals surface area contributed by atoms with Crippen LogP contribution in [-0.2, 0) is 4.74 Å². The van der Waals surface area contributed by atoms with E-state index < -0.39 is 0 Å². The Balaban J connectivity index is 2.42. The van der Waals surface area contributed by atoms with Crippen LogP contribution in [-0.4, -0.2) is 33.3 Å². The van der Waals surface area contributed by atoms with E-state index in [0.29, 0.717) is 18.1 Å². The number of nitrogens with two attached hydrogens (primary N) is 1. The molecule has 2 N–H and O–H groups in total. The molecule has 2 rings (SSSR count). The molecule has 1 unspecified atom stereocenters. The molecule has 2 aromatic rings. The lowest BCUT2D eigenvalue weighted by molar-refractivity contribution is 0.178. The van der Waals surface area contributed by atoms with E-state index in [0.717, 1.165) is 0 Å². The van der Waals surface area contributed by atoms with Gasteiger partial charge in [-0.15, -0.1) is 10.2 Å². The fraction of sp³-hybridized carbons (Fsp3) is 0.375. The van der Waals surface area contributed by atoms with Crippen LogP contribution >= 0.6 is 0 Å². The Morgan fingerprint density at radius 1 is 1.57 bits per heavy atom. The van der Waals surface area contributed by atoms with Gasteiger partial charge >= 0.3 is 0 Å². The van der Waals surface area contributed by atoms with Gasteiger partial charge < -0.3 is 10.5 Å². The molecule has 0 radical (unpaired) electrons. The van der Waals surface area contributed by atoms with Crippen molar-refractivity contribution in [1.82, 2.24) is 19.6 Å². The van der Waals surface area contributed by atoms with E-state index in [1.54, 1.807) is 30.1 Å². The highest BCUT2D eigenvalue weighted by Crippen LogP contribution is 2.08. The Morgan fingerprint density at radius 3 is 3.21 bits per heavy atom. The van der Waals surface area contributed by atoms with Gasteiger partial charge in [-0.3, -0.25) is 9.38 Å². The van der Waals surface area contributed by atoms with E-state index in [1.165, 1.54) is 0 Å². The minimum atomic E-state index is -0.266. The standard InChI is InChI=1S/C8H11N5O/c1-14-5-6(9)8-12-11-7-4-10-2-3-13(7)8/h2-4,6H,5,9H2,1H3. The third kappa shape index (κ3) is 1.45. The minimum absolute atomic E-state index is 0.266. The monoisotopic (exact) mass is 193 g/mol. The second-order valence-corrected chi connectivity index (χ2v) is 2.92. The molecule has 1 atom stereocenters. The SMILES string of the molecule is COCC(N)c1nnc2cnccn12. The third-order valence-electron chi connectivity index (χ3n) is 1.92. The highest BCUT2D eigenvalue weighted by molar-refractivity contribution is 5.34. The molecular formula is C8H11N5O. The maximum atomic E-state index is 5.85. The van der Waals surface area contributed by atoms with Crippen molar-refractivity contribution in [1.29, 1.82) is 0 Å². The molecule has 0 fully saturated rings. The summed E-state index contributed by atoms with van der Waals surface area (Å²) in [5.74, 6) is 0.684.